The Labute approximate surface area is 184 Å². The molecule has 2 heterocycles. The molecule has 31 heavy (non-hydrogen) atoms. The highest BCUT2D eigenvalue weighted by Crippen LogP contribution is 2.18. The number of nitrogens with zero attached hydrogens (tertiary/aromatic N) is 5. The number of carboxylic acids is 1. The van der Waals surface area contributed by atoms with Crippen molar-refractivity contribution in [3.63, 3.8) is 0 Å². The number of carbonyl (C=O) groups is 2. The number of rotatable bonds is 7. The number of anilines is 2. The van der Waals surface area contributed by atoms with Crippen molar-refractivity contribution in [2.75, 3.05) is 50.5 Å². The van der Waals surface area contributed by atoms with Gasteiger partial charge in [0, 0.05) is 46.7 Å². The van der Waals surface area contributed by atoms with E-state index in [-0.39, 0.29) is 17.7 Å². The summed E-state index contributed by atoms with van der Waals surface area (Å²) in [5.74, 6) is -0.201. The van der Waals surface area contributed by atoms with Crippen molar-refractivity contribution in [1.29, 1.82) is 0 Å². The average Bonchev–Trinajstić information content (AvgIpc) is 2.74. The molecule has 1 fully saturated rings. The normalized spacial score (nSPS) is 14.6. The first-order valence-corrected chi connectivity index (χ1v) is 10.0. The molecule has 3 N–H and O–H groups in total. The molecule has 3 rings (SSSR count). The summed E-state index contributed by atoms with van der Waals surface area (Å²) in [4.78, 5) is 39.2. The van der Waals surface area contributed by atoms with Crippen LogP contribution in [0.2, 0.25) is 5.28 Å². The van der Waals surface area contributed by atoms with Crippen LogP contribution in [0.4, 0.5) is 16.7 Å². The number of carbonyl (C=O) groups excluding carboxylic acids is 1. The number of halogens is 1. The first kappa shape index (κ1) is 22.5. The number of piperazine rings is 1. The molecule has 1 saturated heterocycles. The highest BCUT2D eigenvalue weighted by atomic mass is 35.5. The van der Waals surface area contributed by atoms with Crippen molar-refractivity contribution in [3.8, 4) is 5.75 Å². The molecule has 0 bridgehead atoms. The SMILES string of the molecule is CN(C)C(=O)Oc1ccc(C[C@H](Nc2nc(Cl)nc(N3CCNCC3)n2)C(=O)O)cc1. The van der Waals surface area contributed by atoms with Gasteiger partial charge in [-0.05, 0) is 29.3 Å². The Morgan fingerprint density at radius 1 is 1.23 bits per heavy atom. The number of aliphatic carboxylic acids is 1. The van der Waals surface area contributed by atoms with Gasteiger partial charge in [-0.3, -0.25) is 0 Å². The highest BCUT2D eigenvalue weighted by molar-refractivity contribution is 6.28. The predicted molar refractivity (Wildman–Crippen MR) is 115 cm³/mol. The smallest absolute Gasteiger partial charge is 0.414 e. The molecule has 1 aromatic carbocycles. The Hall–Kier alpha value is -3.18. The van der Waals surface area contributed by atoms with Gasteiger partial charge in [-0.25, -0.2) is 9.59 Å². The van der Waals surface area contributed by atoms with E-state index in [4.69, 9.17) is 16.3 Å². The first-order valence-electron chi connectivity index (χ1n) is 9.66. The second-order valence-electron chi connectivity index (χ2n) is 7.11. The Morgan fingerprint density at radius 3 is 2.52 bits per heavy atom. The van der Waals surface area contributed by atoms with Crippen LogP contribution in [0.1, 0.15) is 5.56 Å². The summed E-state index contributed by atoms with van der Waals surface area (Å²) in [7, 11) is 3.17. The molecule has 1 aromatic heterocycles. The van der Waals surface area contributed by atoms with Crippen LogP contribution in [0.5, 0.6) is 5.75 Å². The molecule has 1 amide bonds. The summed E-state index contributed by atoms with van der Waals surface area (Å²) in [5.41, 5.74) is 0.729. The van der Waals surface area contributed by atoms with Gasteiger partial charge in [-0.1, -0.05) is 12.1 Å². The van der Waals surface area contributed by atoms with E-state index >= 15 is 0 Å². The highest BCUT2D eigenvalue weighted by Gasteiger charge is 2.22. The van der Waals surface area contributed by atoms with Gasteiger partial charge >= 0.3 is 12.1 Å². The lowest BCUT2D eigenvalue weighted by Gasteiger charge is -2.27. The third-order valence-electron chi connectivity index (χ3n) is 4.53. The maximum Gasteiger partial charge on any atom is 0.414 e. The molecule has 0 aliphatic carbocycles. The van der Waals surface area contributed by atoms with Crippen LogP contribution in [0.25, 0.3) is 0 Å². The number of hydrogen-bond donors (Lipinski definition) is 3. The minimum absolute atomic E-state index is 0.0118. The minimum atomic E-state index is -1.07. The molecule has 166 valence electrons. The number of benzene rings is 1. The Bertz CT molecular complexity index is 920. The molecule has 0 radical (unpaired) electrons. The lowest BCUT2D eigenvalue weighted by molar-refractivity contribution is -0.137. The summed E-state index contributed by atoms with van der Waals surface area (Å²) in [5, 5.41) is 15.7. The topological polar surface area (TPSA) is 133 Å². The van der Waals surface area contributed by atoms with Crippen LogP contribution in [0.3, 0.4) is 0 Å². The van der Waals surface area contributed by atoms with E-state index in [1.807, 2.05) is 4.90 Å². The second kappa shape index (κ2) is 10.2. The lowest BCUT2D eigenvalue weighted by Crippen LogP contribution is -2.44. The fourth-order valence-corrected chi connectivity index (χ4v) is 3.04. The van der Waals surface area contributed by atoms with Crippen molar-refractivity contribution in [1.82, 2.24) is 25.2 Å². The van der Waals surface area contributed by atoms with Crippen molar-refractivity contribution in [2.24, 2.45) is 0 Å². The Balaban J connectivity index is 1.69. The third kappa shape index (κ3) is 6.40. The van der Waals surface area contributed by atoms with Crippen LogP contribution in [0, 0.1) is 0 Å². The number of aromatic nitrogens is 3. The van der Waals surface area contributed by atoms with E-state index in [2.05, 4.69) is 25.6 Å². The van der Waals surface area contributed by atoms with Gasteiger partial charge in [-0.2, -0.15) is 15.0 Å². The quantitative estimate of drug-likeness (QED) is 0.564. The standard InChI is InChI=1S/C19H24ClN7O4/c1-26(2)19(30)31-13-5-3-12(4-6-13)11-14(15(28)29)22-17-23-16(20)24-18(25-17)27-9-7-21-8-10-27/h3-6,14,21H,7-11H2,1-2H3,(H,28,29)(H,22,23,24,25)/t14-/m0/s1. The van der Waals surface area contributed by atoms with E-state index in [0.29, 0.717) is 24.8 Å². The fraction of sp³-hybridized carbons (Fsp3) is 0.421. The van der Waals surface area contributed by atoms with Gasteiger partial charge in [0.05, 0.1) is 0 Å². The van der Waals surface area contributed by atoms with Gasteiger partial charge in [0.25, 0.3) is 0 Å². The van der Waals surface area contributed by atoms with Crippen LogP contribution in [-0.4, -0.2) is 83.3 Å². The molecular weight excluding hydrogens is 426 g/mol. The van der Waals surface area contributed by atoms with Crippen molar-refractivity contribution < 1.29 is 19.4 Å². The molecule has 1 aliphatic rings. The predicted octanol–water partition coefficient (Wildman–Crippen LogP) is 1.10. The summed E-state index contributed by atoms with van der Waals surface area (Å²) in [6.07, 6.45) is -0.339. The van der Waals surface area contributed by atoms with Crippen LogP contribution < -0.4 is 20.3 Å². The van der Waals surface area contributed by atoms with Crippen molar-refractivity contribution >= 4 is 35.6 Å². The fourth-order valence-electron chi connectivity index (χ4n) is 2.89. The van der Waals surface area contributed by atoms with Crippen LogP contribution >= 0.6 is 11.6 Å². The van der Waals surface area contributed by atoms with Gasteiger partial charge in [0.1, 0.15) is 11.8 Å². The van der Waals surface area contributed by atoms with Gasteiger partial charge < -0.3 is 30.3 Å². The van der Waals surface area contributed by atoms with Crippen molar-refractivity contribution in [3.05, 3.63) is 35.1 Å². The Kier molecular flexibility index (Phi) is 7.42. The molecule has 0 spiro atoms. The summed E-state index contributed by atoms with van der Waals surface area (Å²) in [6, 6.07) is 5.62. The Morgan fingerprint density at radius 2 is 1.90 bits per heavy atom. The van der Waals surface area contributed by atoms with Crippen molar-refractivity contribution in [2.45, 2.75) is 12.5 Å². The maximum absolute atomic E-state index is 11.8. The zero-order valence-corrected chi connectivity index (χ0v) is 18.0. The molecule has 0 saturated carbocycles. The number of amides is 1. The maximum atomic E-state index is 11.8. The summed E-state index contributed by atoms with van der Waals surface area (Å²) < 4.78 is 5.17. The monoisotopic (exact) mass is 449 g/mol. The lowest BCUT2D eigenvalue weighted by atomic mass is 10.1. The molecule has 12 heteroatoms. The third-order valence-corrected chi connectivity index (χ3v) is 4.70. The van der Waals surface area contributed by atoms with Crippen LogP contribution in [-0.2, 0) is 11.2 Å². The molecule has 1 atom stereocenters. The number of carboxylic acid groups (broad SMARTS) is 1. The van der Waals surface area contributed by atoms with E-state index in [9.17, 15) is 14.7 Å². The summed E-state index contributed by atoms with van der Waals surface area (Å²) in [6.45, 7) is 3.02. The van der Waals surface area contributed by atoms with Gasteiger partial charge in [0.2, 0.25) is 17.2 Å². The molecule has 1 aliphatic heterocycles. The molecule has 2 aromatic rings. The number of nitrogens with one attached hydrogen (secondary N) is 2. The number of hydrogen-bond acceptors (Lipinski definition) is 9. The number of ether oxygens (including phenoxy) is 1. The largest absolute Gasteiger partial charge is 0.480 e. The van der Waals surface area contributed by atoms with E-state index in [0.717, 1.165) is 18.7 Å². The molecular formula is C19H24ClN7O4. The van der Waals surface area contributed by atoms with Crippen LogP contribution in [0.15, 0.2) is 24.3 Å². The molecule has 11 nitrogen and oxygen atoms in total. The van der Waals surface area contributed by atoms with E-state index in [1.54, 1.807) is 38.4 Å². The van der Waals surface area contributed by atoms with Gasteiger partial charge in [0.15, 0.2) is 0 Å². The van der Waals surface area contributed by atoms with E-state index in [1.165, 1.54) is 4.90 Å². The average molecular weight is 450 g/mol. The second-order valence-corrected chi connectivity index (χ2v) is 7.45. The molecule has 0 unspecified atom stereocenters. The minimum Gasteiger partial charge on any atom is -0.480 e. The van der Waals surface area contributed by atoms with Gasteiger partial charge in [-0.15, -0.1) is 0 Å². The summed E-state index contributed by atoms with van der Waals surface area (Å²) >= 11 is 6.04. The zero-order chi connectivity index (χ0) is 22.4. The first-order chi connectivity index (χ1) is 14.8. The van der Waals surface area contributed by atoms with E-state index < -0.39 is 18.1 Å². The zero-order valence-electron chi connectivity index (χ0n) is 17.2.